The summed E-state index contributed by atoms with van der Waals surface area (Å²) in [5.41, 5.74) is 1.90. The van der Waals surface area contributed by atoms with Crippen molar-refractivity contribution in [3.8, 4) is 0 Å². The average molecular weight is 221 g/mol. The largest absolute Gasteiger partial charge is 0.371 e. The van der Waals surface area contributed by atoms with E-state index >= 15 is 0 Å². The summed E-state index contributed by atoms with van der Waals surface area (Å²) in [6.07, 6.45) is 2.98. The molecule has 0 aromatic heterocycles. The van der Waals surface area contributed by atoms with Gasteiger partial charge in [0.1, 0.15) is 11.9 Å². The lowest BCUT2D eigenvalue weighted by atomic mass is 9.92. The van der Waals surface area contributed by atoms with Crippen molar-refractivity contribution in [2.24, 2.45) is 0 Å². The molecule has 86 valence electrons. The third kappa shape index (κ3) is 1.64. The number of halogens is 1. The fourth-order valence-corrected chi connectivity index (χ4v) is 2.78. The van der Waals surface area contributed by atoms with Crippen LogP contribution < -0.4 is 5.32 Å². The molecule has 16 heavy (non-hydrogen) atoms. The Labute approximate surface area is 94.8 Å². The maximum Gasteiger partial charge on any atom is 0.129 e. The lowest BCUT2D eigenvalue weighted by molar-refractivity contribution is 0.0172. The van der Waals surface area contributed by atoms with E-state index in [9.17, 15) is 4.39 Å². The quantitative estimate of drug-likeness (QED) is 0.785. The van der Waals surface area contributed by atoms with Gasteiger partial charge in [0.15, 0.2) is 0 Å². The second-order valence-corrected chi connectivity index (χ2v) is 4.56. The lowest BCUT2D eigenvalue weighted by Crippen LogP contribution is -2.34. The first kappa shape index (κ1) is 10.2. The monoisotopic (exact) mass is 221 g/mol. The van der Waals surface area contributed by atoms with Gasteiger partial charge in [-0.25, -0.2) is 4.39 Å². The molecular weight excluding hydrogens is 205 g/mol. The van der Waals surface area contributed by atoms with Gasteiger partial charge in [0.05, 0.1) is 6.61 Å². The van der Waals surface area contributed by atoms with Crippen LogP contribution >= 0.6 is 0 Å². The van der Waals surface area contributed by atoms with Gasteiger partial charge in [-0.05, 0) is 37.4 Å². The molecule has 2 heterocycles. The molecule has 1 N–H and O–H groups in total. The van der Waals surface area contributed by atoms with Crippen LogP contribution in [0.5, 0.6) is 0 Å². The summed E-state index contributed by atoms with van der Waals surface area (Å²) < 4.78 is 19.6. The smallest absolute Gasteiger partial charge is 0.129 e. The lowest BCUT2D eigenvalue weighted by Gasteiger charge is -2.30. The highest BCUT2D eigenvalue weighted by molar-refractivity contribution is 5.33. The molecule has 2 nitrogen and oxygen atoms in total. The van der Waals surface area contributed by atoms with Crippen LogP contribution in [-0.4, -0.2) is 19.2 Å². The van der Waals surface area contributed by atoms with Crippen LogP contribution in [0.1, 0.15) is 30.1 Å². The fraction of sp³-hybridized carbons (Fsp3) is 0.538. The van der Waals surface area contributed by atoms with Crippen LogP contribution in [0, 0.1) is 5.82 Å². The zero-order chi connectivity index (χ0) is 11.0. The van der Waals surface area contributed by atoms with Crippen LogP contribution in [0.15, 0.2) is 18.2 Å². The molecule has 1 fully saturated rings. The van der Waals surface area contributed by atoms with Crippen LogP contribution in [0.3, 0.4) is 0 Å². The molecule has 3 heteroatoms. The van der Waals surface area contributed by atoms with Crippen molar-refractivity contribution in [3.63, 3.8) is 0 Å². The van der Waals surface area contributed by atoms with Crippen molar-refractivity contribution in [1.82, 2.24) is 5.32 Å². The minimum atomic E-state index is -0.115. The van der Waals surface area contributed by atoms with Crippen molar-refractivity contribution in [2.45, 2.75) is 31.4 Å². The molecule has 2 aliphatic rings. The number of ether oxygens (including phenoxy) is 1. The third-order valence-electron chi connectivity index (χ3n) is 3.56. The predicted octanol–water partition coefficient (Wildman–Crippen LogP) is 2.19. The zero-order valence-electron chi connectivity index (χ0n) is 9.21. The van der Waals surface area contributed by atoms with E-state index in [2.05, 4.69) is 5.32 Å². The van der Waals surface area contributed by atoms with Gasteiger partial charge in [-0.1, -0.05) is 12.1 Å². The number of hydrogen-bond donors (Lipinski definition) is 1. The second-order valence-electron chi connectivity index (χ2n) is 4.56. The Morgan fingerprint density at radius 1 is 1.38 bits per heavy atom. The normalized spacial score (nSPS) is 29.1. The van der Waals surface area contributed by atoms with E-state index < -0.39 is 0 Å². The molecule has 0 aliphatic carbocycles. The van der Waals surface area contributed by atoms with E-state index in [1.807, 2.05) is 6.07 Å². The molecule has 0 bridgehead atoms. The summed E-state index contributed by atoms with van der Waals surface area (Å²) in [6.45, 7) is 1.73. The number of benzene rings is 1. The standard InChI is InChI=1S/C13H16FNO/c14-10-4-1-3-9-6-8-16-13(12(9)10)11-5-2-7-15-11/h1,3-4,11,13,15H,2,5-8H2/t11-,13?/m0/s1. The molecule has 2 atom stereocenters. The summed E-state index contributed by atoms with van der Waals surface area (Å²) in [5.74, 6) is -0.115. The zero-order valence-corrected chi connectivity index (χ0v) is 9.21. The first-order chi connectivity index (χ1) is 7.86. The van der Waals surface area contributed by atoms with Gasteiger partial charge in [0, 0.05) is 11.6 Å². The Hall–Kier alpha value is -0.930. The molecule has 1 aromatic rings. The van der Waals surface area contributed by atoms with Crippen molar-refractivity contribution in [2.75, 3.05) is 13.2 Å². The minimum absolute atomic E-state index is 0.0903. The highest BCUT2D eigenvalue weighted by Gasteiger charge is 2.32. The van der Waals surface area contributed by atoms with Crippen LogP contribution in [-0.2, 0) is 11.2 Å². The SMILES string of the molecule is Fc1cccc2c1C([C@@H]1CCCN1)OCC2. The fourth-order valence-electron chi connectivity index (χ4n) is 2.78. The van der Waals surface area contributed by atoms with Gasteiger partial charge in [0.2, 0.25) is 0 Å². The topological polar surface area (TPSA) is 21.3 Å². The van der Waals surface area contributed by atoms with Crippen molar-refractivity contribution < 1.29 is 9.13 Å². The summed E-state index contributed by atoms with van der Waals surface area (Å²) in [6, 6.07) is 5.63. The molecule has 0 radical (unpaired) electrons. The maximum absolute atomic E-state index is 13.9. The highest BCUT2D eigenvalue weighted by atomic mass is 19.1. The molecule has 2 aliphatic heterocycles. The van der Waals surface area contributed by atoms with E-state index in [0.717, 1.165) is 36.9 Å². The van der Waals surface area contributed by atoms with Gasteiger partial charge < -0.3 is 10.1 Å². The number of fused-ring (bicyclic) bond motifs is 1. The molecular formula is C13H16FNO. The number of rotatable bonds is 1. The summed E-state index contributed by atoms with van der Waals surface area (Å²) in [7, 11) is 0. The highest BCUT2D eigenvalue weighted by Crippen LogP contribution is 2.34. The van der Waals surface area contributed by atoms with Gasteiger partial charge in [0.25, 0.3) is 0 Å². The Morgan fingerprint density at radius 3 is 3.12 bits per heavy atom. The minimum Gasteiger partial charge on any atom is -0.371 e. The molecule has 1 saturated heterocycles. The van der Waals surface area contributed by atoms with Gasteiger partial charge in [-0.3, -0.25) is 0 Å². The Morgan fingerprint density at radius 2 is 2.31 bits per heavy atom. The van der Waals surface area contributed by atoms with Crippen molar-refractivity contribution in [3.05, 3.63) is 35.1 Å². The van der Waals surface area contributed by atoms with Gasteiger partial charge in [-0.15, -0.1) is 0 Å². The summed E-state index contributed by atoms with van der Waals surface area (Å²) in [4.78, 5) is 0. The molecule has 0 saturated carbocycles. The Bertz CT molecular complexity index is 388. The van der Waals surface area contributed by atoms with Crippen molar-refractivity contribution >= 4 is 0 Å². The maximum atomic E-state index is 13.9. The number of hydrogen-bond acceptors (Lipinski definition) is 2. The van der Waals surface area contributed by atoms with E-state index in [0.29, 0.717) is 6.61 Å². The second kappa shape index (κ2) is 4.15. The Balaban J connectivity index is 1.98. The molecule has 1 aromatic carbocycles. The van der Waals surface area contributed by atoms with Crippen LogP contribution in [0.4, 0.5) is 4.39 Å². The average Bonchev–Trinajstić information content (AvgIpc) is 2.82. The third-order valence-corrected chi connectivity index (χ3v) is 3.56. The predicted molar refractivity (Wildman–Crippen MR) is 59.8 cm³/mol. The first-order valence-corrected chi connectivity index (χ1v) is 5.98. The number of nitrogens with one attached hydrogen (secondary N) is 1. The Kier molecular flexibility index (Phi) is 2.65. The summed E-state index contributed by atoms with van der Waals surface area (Å²) >= 11 is 0. The van der Waals surface area contributed by atoms with Crippen LogP contribution in [0.25, 0.3) is 0 Å². The van der Waals surface area contributed by atoms with Gasteiger partial charge >= 0.3 is 0 Å². The van der Waals surface area contributed by atoms with Crippen molar-refractivity contribution in [1.29, 1.82) is 0 Å². The summed E-state index contributed by atoms with van der Waals surface area (Å²) in [5, 5.41) is 3.40. The molecule has 0 amide bonds. The molecule has 0 spiro atoms. The molecule has 3 rings (SSSR count). The van der Waals surface area contributed by atoms with E-state index in [-0.39, 0.29) is 18.0 Å². The van der Waals surface area contributed by atoms with Crippen LogP contribution in [0.2, 0.25) is 0 Å². The van der Waals surface area contributed by atoms with E-state index in [1.165, 1.54) is 6.07 Å². The van der Waals surface area contributed by atoms with E-state index in [4.69, 9.17) is 4.74 Å². The van der Waals surface area contributed by atoms with E-state index in [1.54, 1.807) is 6.07 Å². The first-order valence-electron chi connectivity index (χ1n) is 5.98. The van der Waals surface area contributed by atoms with Gasteiger partial charge in [-0.2, -0.15) is 0 Å². The molecule has 1 unspecified atom stereocenters.